The van der Waals surface area contributed by atoms with E-state index in [4.69, 9.17) is 4.74 Å². The maximum atomic E-state index is 11.4. The predicted molar refractivity (Wildman–Crippen MR) is 60.5 cm³/mol. The second-order valence-electron chi connectivity index (χ2n) is 3.85. The summed E-state index contributed by atoms with van der Waals surface area (Å²) in [7, 11) is 0. The Bertz CT molecular complexity index is 373. The molecule has 0 unspecified atom stereocenters. The number of carbonyl (C=O) groups is 1. The first-order valence-electron chi connectivity index (χ1n) is 5.81. The number of ether oxygens (including phenoxy) is 1. The summed E-state index contributed by atoms with van der Waals surface area (Å²) in [6, 6.07) is 0. The summed E-state index contributed by atoms with van der Waals surface area (Å²) in [5, 5.41) is 9.89. The van der Waals surface area contributed by atoms with Crippen LogP contribution in [0.15, 0.2) is 0 Å². The lowest BCUT2D eigenvalue weighted by molar-refractivity contribution is 0.0512. The summed E-state index contributed by atoms with van der Waals surface area (Å²) in [5.74, 6) is 0.335. The highest BCUT2D eigenvalue weighted by Gasteiger charge is 2.16. The van der Waals surface area contributed by atoms with Crippen molar-refractivity contribution in [3.63, 3.8) is 0 Å². The van der Waals surface area contributed by atoms with E-state index in [2.05, 4.69) is 25.4 Å². The average molecular weight is 239 g/mol. The Hall–Kier alpha value is -1.47. The highest BCUT2D eigenvalue weighted by molar-refractivity contribution is 5.84. The van der Waals surface area contributed by atoms with Crippen molar-refractivity contribution >= 4 is 5.97 Å². The van der Waals surface area contributed by atoms with Crippen molar-refractivity contribution in [1.29, 1.82) is 0 Å². The lowest BCUT2D eigenvalue weighted by atomic mass is 10.3. The summed E-state index contributed by atoms with van der Waals surface area (Å²) in [6.07, 6.45) is 0. The molecule has 0 amide bonds. The fourth-order valence-corrected chi connectivity index (χ4v) is 1.73. The number of aromatic amines is 1. The molecule has 1 aliphatic heterocycles. The van der Waals surface area contributed by atoms with Crippen molar-refractivity contribution in [3.8, 4) is 0 Å². The topological polar surface area (TPSA) is 83.1 Å². The Morgan fingerprint density at radius 2 is 2.24 bits per heavy atom. The molecule has 1 aliphatic rings. The van der Waals surface area contributed by atoms with Crippen molar-refractivity contribution in [1.82, 2.24) is 25.4 Å². The van der Waals surface area contributed by atoms with Crippen LogP contribution in [0.3, 0.4) is 0 Å². The molecule has 0 aromatic carbocycles. The summed E-state index contributed by atoms with van der Waals surface area (Å²) >= 11 is 0. The maximum Gasteiger partial charge on any atom is 0.378 e. The fourth-order valence-electron chi connectivity index (χ4n) is 1.73. The van der Waals surface area contributed by atoms with Gasteiger partial charge in [0.25, 0.3) is 5.82 Å². The van der Waals surface area contributed by atoms with Crippen LogP contribution >= 0.6 is 0 Å². The van der Waals surface area contributed by atoms with Crippen molar-refractivity contribution in [2.75, 3.05) is 32.8 Å². The zero-order chi connectivity index (χ0) is 12.1. The minimum atomic E-state index is -0.477. The third kappa shape index (κ3) is 3.24. The Labute approximate surface area is 99.5 Å². The van der Waals surface area contributed by atoms with Crippen LogP contribution in [-0.2, 0) is 11.3 Å². The van der Waals surface area contributed by atoms with Crippen LogP contribution in [0.2, 0.25) is 0 Å². The fraction of sp³-hybridized carbons (Fsp3) is 0.700. The minimum absolute atomic E-state index is 0.108. The number of esters is 1. The molecule has 7 nitrogen and oxygen atoms in total. The van der Waals surface area contributed by atoms with Gasteiger partial charge in [-0.15, -0.1) is 5.10 Å². The standard InChI is InChI=1S/C10H17N5O2/c1-2-17-10(16)9-12-8(13-14-9)7-15-5-3-11-4-6-15/h11H,2-7H2,1H3,(H,12,13,14). The molecule has 2 N–H and O–H groups in total. The first-order chi connectivity index (χ1) is 8.29. The summed E-state index contributed by atoms with van der Waals surface area (Å²) in [5.41, 5.74) is 0. The summed E-state index contributed by atoms with van der Waals surface area (Å²) in [4.78, 5) is 17.7. The van der Waals surface area contributed by atoms with Gasteiger partial charge in [0.2, 0.25) is 0 Å². The Morgan fingerprint density at radius 1 is 1.47 bits per heavy atom. The number of piperazine rings is 1. The highest BCUT2D eigenvalue weighted by atomic mass is 16.5. The third-order valence-electron chi connectivity index (χ3n) is 2.57. The van der Waals surface area contributed by atoms with Gasteiger partial charge in [-0.25, -0.2) is 9.78 Å². The van der Waals surface area contributed by atoms with E-state index in [1.165, 1.54) is 0 Å². The lowest BCUT2D eigenvalue weighted by Gasteiger charge is -2.25. The average Bonchev–Trinajstić information content (AvgIpc) is 2.79. The van der Waals surface area contributed by atoms with Crippen molar-refractivity contribution in [2.24, 2.45) is 0 Å². The van der Waals surface area contributed by atoms with Gasteiger partial charge in [-0.3, -0.25) is 10.00 Å². The minimum Gasteiger partial charge on any atom is -0.460 e. The number of nitrogens with zero attached hydrogens (tertiary/aromatic N) is 3. The van der Waals surface area contributed by atoms with Gasteiger partial charge in [0, 0.05) is 26.2 Å². The van der Waals surface area contributed by atoms with Gasteiger partial charge < -0.3 is 10.1 Å². The zero-order valence-electron chi connectivity index (χ0n) is 9.90. The van der Waals surface area contributed by atoms with E-state index < -0.39 is 5.97 Å². The highest BCUT2D eigenvalue weighted by Crippen LogP contribution is 2.01. The van der Waals surface area contributed by atoms with Crippen LogP contribution in [-0.4, -0.2) is 58.8 Å². The van der Waals surface area contributed by atoms with Gasteiger partial charge >= 0.3 is 5.97 Å². The normalized spacial score (nSPS) is 17.0. The van der Waals surface area contributed by atoms with Gasteiger partial charge in [-0.05, 0) is 6.92 Å². The van der Waals surface area contributed by atoms with Gasteiger partial charge in [0.1, 0.15) is 5.82 Å². The zero-order valence-corrected chi connectivity index (χ0v) is 9.90. The van der Waals surface area contributed by atoms with E-state index in [0.717, 1.165) is 26.2 Å². The van der Waals surface area contributed by atoms with E-state index in [1.54, 1.807) is 6.92 Å². The second-order valence-corrected chi connectivity index (χ2v) is 3.85. The molecule has 0 radical (unpaired) electrons. The number of aromatic nitrogens is 3. The largest absolute Gasteiger partial charge is 0.460 e. The van der Waals surface area contributed by atoms with Crippen LogP contribution in [0.4, 0.5) is 0 Å². The maximum absolute atomic E-state index is 11.4. The molecule has 1 fully saturated rings. The Balaban J connectivity index is 1.91. The molecule has 0 aliphatic carbocycles. The predicted octanol–water partition coefficient (Wildman–Crippen LogP) is -0.613. The number of hydrogen-bond donors (Lipinski definition) is 2. The molecule has 0 spiro atoms. The van der Waals surface area contributed by atoms with Crippen molar-refractivity contribution in [2.45, 2.75) is 13.5 Å². The molecule has 2 heterocycles. The van der Waals surface area contributed by atoms with Gasteiger partial charge in [-0.2, -0.15) is 0 Å². The Kier molecular flexibility index (Phi) is 4.05. The smallest absolute Gasteiger partial charge is 0.378 e. The summed E-state index contributed by atoms with van der Waals surface area (Å²) in [6.45, 7) is 6.71. The number of hydrogen-bond acceptors (Lipinski definition) is 6. The number of nitrogens with one attached hydrogen (secondary N) is 2. The van der Waals surface area contributed by atoms with Crippen molar-refractivity contribution < 1.29 is 9.53 Å². The van der Waals surface area contributed by atoms with Gasteiger partial charge in [0.15, 0.2) is 0 Å². The van der Waals surface area contributed by atoms with Crippen LogP contribution in [0.1, 0.15) is 23.4 Å². The van der Waals surface area contributed by atoms with E-state index in [9.17, 15) is 4.79 Å². The van der Waals surface area contributed by atoms with Gasteiger partial charge in [0.05, 0.1) is 13.2 Å². The lowest BCUT2D eigenvalue weighted by Crippen LogP contribution is -2.43. The first-order valence-corrected chi connectivity index (χ1v) is 5.81. The second kappa shape index (κ2) is 5.74. The monoisotopic (exact) mass is 239 g/mol. The molecule has 0 atom stereocenters. The van der Waals surface area contributed by atoms with Gasteiger partial charge in [-0.1, -0.05) is 0 Å². The van der Waals surface area contributed by atoms with Crippen LogP contribution in [0.25, 0.3) is 0 Å². The molecule has 94 valence electrons. The summed E-state index contributed by atoms with van der Waals surface area (Å²) < 4.78 is 4.82. The third-order valence-corrected chi connectivity index (χ3v) is 2.57. The molecule has 2 rings (SSSR count). The van der Waals surface area contributed by atoms with E-state index >= 15 is 0 Å². The molecular weight excluding hydrogens is 222 g/mol. The van der Waals surface area contributed by atoms with Crippen LogP contribution in [0.5, 0.6) is 0 Å². The number of rotatable bonds is 4. The molecule has 1 saturated heterocycles. The van der Waals surface area contributed by atoms with Crippen LogP contribution in [0, 0.1) is 0 Å². The van der Waals surface area contributed by atoms with E-state index in [1.807, 2.05) is 0 Å². The molecule has 1 aromatic rings. The molecule has 0 bridgehead atoms. The Morgan fingerprint density at radius 3 is 2.94 bits per heavy atom. The quantitative estimate of drug-likeness (QED) is 0.682. The number of H-pyrrole nitrogens is 1. The van der Waals surface area contributed by atoms with E-state index in [0.29, 0.717) is 19.0 Å². The molecule has 7 heteroatoms. The SMILES string of the molecule is CCOC(=O)c1n[nH]c(CN2CCNCC2)n1. The first kappa shape index (κ1) is 12.0. The van der Waals surface area contributed by atoms with E-state index in [-0.39, 0.29) is 5.82 Å². The molecule has 0 saturated carbocycles. The van der Waals surface area contributed by atoms with Crippen molar-refractivity contribution in [3.05, 3.63) is 11.6 Å². The molecule has 1 aromatic heterocycles. The number of carbonyl (C=O) groups excluding carboxylic acids is 1. The molecule has 17 heavy (non-hydrogen) atoms. The van der Waals surface area contributed by atoms with Crippen LogP contribution < -0.4 is 5.32 Å². The molecular formula is C10H17N5O2.